The maximum atomic E-state index is 13.0. The van der Waals surface area contributed by atoms with Crippen LogP contribution < -0.4 is 10.9 Å². The van der Waals surface area contributed by atoms with E-state index < -0.39 is 11.8 Å². The summed E-state index contributed by atoms with van der Waals surface area (Å²) in [6.45, 7) is 0. The Balaban J connectivity index is 1.71. The van der Waals surface area contributed by atoms with Gasteiger partial charge >= 0.3 is 0 Å². The molecule has 0 aliphatic rings. The number of rotatable bonds is 3. The quantitative estimate of drug-likeness (QED) is 0.656. The van der Waals surface area contributed by atoms with Crippen LogP contribution in [0.25, 0.3) is 5.69 Å². The van der Waals surface area contributed by atoms with Crippen LogP contribution in [0.5, 0.6) is 0 Å². The molecule has 0 fully saturated rings. The molecule has 2 N–H and O–H groups in total. The molecule has 7 nitrogen and oxygen atoms in total. The molecule has 126 valence electrons. The lowest BCUT2D eigenvalue weighted by Gasteiger charge is -2.10. The van der Waals surface area contributed by atoms with E-state index in [4.69, 9.17) is 0 Å². The maximum absolute atomic E-state index is 13.0. The molecule has 0 aliphatic heterocycles. The minimum atomic E-state index is -0.571. The number of carbonyl (C=O) groups excluding carboxylic acids is 2. The van der Waals surface area contributed by atoms with Crippen molar-refractivity contribution in [2.75, 3.05) is 0 Å². The zero-order valence-corrected chi connectivity index (χ0v) is 14.2. The standard InChI is InChI=1S/C16H11BrFN5O2/c17-11-5-10(6-19-7-11)15(24)21-22-16(25)14-8-20-9-23(14)13-3-1-12(18)2-4-13/h1-9H,(H,21,24)(H,22,25). The van der Waals surface area contributed by atoms with Gasteiger partial charge in [0.05, 0.1) is 18.1 Å². The third kappa shape index (κ3) is 3.89. The zero-order valence-electron chi connectivity index (χ0n) is 12.6. The van der Waals surface area contributed by atoms with E-state index >= 15 is 0 Å². The molecule has 2 amide bonds. The first-order valence-corrected chi connectivity index (χ1v) is 7.83. The molecule has 3 aromatic rings. The molecule has 0 saturated heterocycles. The fourth-order valence-corrected chi connectivity index (χ4v) is 2.42. The molecule has 0 unspecified atom stereocenters. The van der Waals surface area contributed by atoms with E-state index in [-0.39, 0.29) is 17.1 Å². The number of nitrogens with zero attached hydrogens (tertiary/aromatic N) is 3. The van der Waals surface area contributed by atoms with Crippen LogP contribution in [-0.2, 0) is 0 Å². The Labute approximate surface area is 150 Å². The van der Waals surface area contributed by atoms with Crippen LogP contribution in [0.1, 0.15) is 20.8 Å². The van der Waals surface area contributed by atoms with Crippen LogP contribution >= 0.6 is 15.9 Å². The Morgan fingerprint density at radius 3 is 2.44 bits per heavy atom. The van der Waals surface area contributed by atoms with Crippen molar-refractivity contribution in [3.63, 3.8) is 0 Å². The molecule has 2 aromatic heterocycles. The second kappa shape index (κ2) is 7.22. The van der Waals surface area contributed by atoms with E-state index in [1.165, 1.54) is 53.8 Å². The van der Waals surface area contributed by atoms with Crippen molar-refractivity contribution in [3.05, 3.63) is 76.8 Å². The van der Waals surface area contributed by atoms with Crippen LogP contribution in [-0.4, -0.2) is 26.3 Å². The predicted molar refractivity (Wildman–Crippen MR) is 90.4 cm³/mol. The average Bonchev–Trinajstić information content (AvgIpc) is 3.10. The normalized spacial score (nSPS) is 10.3. The lowest BCUT2D eigenvalue weighted by Crippen LogP contribution is -2.42. The number of carbonyl (C=O) groups is 2. The van der Waals surface area contributed by atoms with E-state index in [2.05, 4.69) is 36.7 Å². The van der Waals surface area contributed by atoms with Crippen molar-refractivity contribution in [1.82, 2.24) is 25.4 Å². The molecule has 1 aromatic carbocycles. The Morgan fingerprint density at radius 2 is 1.72 bits per heavy atom. The van der Waals surface area contributed by atoms with Gasteiger partial charge in [-0.15, -0.1) is 0 Å². The molecule has 25 heavy (non-hydrogen) atoms. The van der Waals surface area contributed by atoms with Gasteiger partial charge in [0.2, 0.25) is 0 Å². The Bertz CT molecular complexity index is 926. The van der Waals surface area contributed by atoms with E-state index in [0.29, 0.717) is 10.2 Å². The summed E-state index contributed by atoms with van der Waals surface area (Å²) < 4.78 is 15.1. The van der Waals surface area contributed by atoms with Gasteiger partial charge in [-0.2, -0.15) is 0 Å². The first kappa shape index (κ1) is 16.8. The first-order valence-electron chi connectivity index (χ1n) is 7.04. The third-order valence-electron chi connectivity index (χ3n) is 3.23. The molecular formula is C16H11BrFN5O2. The fraction of sp³-hybridized carbons (Fsp3) is 0. The summed E-state index contributed by atoms with van der Waals surface area (Å²) in [6, 6.07) is 7.15. The summed E-state index contributed by atoms with van der Waals surface area (Å²) in [4.78, 5) is 32.1. The molecule has 0 radical (unpaired) electrons. The van der Waals surface area contributed by atoms with E-state index in [1.807, 2.05) is 0 Å². The number of hydrogen-bond acceptors (Lipinski definition) is 4. The zero-order chi connectivity index (χ0) is 17.8. The lowest BCUT2D eigenvalue weighted by atomic mass is 10.3. The second-order valence-corrected chi connectivity index (χ2v) is 5.84. The summed E-state index contributed by atoms with van der Waals surface area (Å²) in [7, 11) is 0. The molecule has 0 spiro atoms. The number of benzene rings is 1. The first-order chi connectivity index (χ1) is 12.0. The van der Waals surface area contributed by atoms with Crippen LogP contribution in [0.3, 0.4) is 0 Å². The van der Waals surface area contributed by atoms with Gasteiger partial charge in [0.15, 0.2) is 0 Å². The SMILES string of the molecule is O=C(NNC(=O)c1cncn1-c1ccc(F)cc1)c1cncc(Br)c1. The number of hydrazine groups is 1. The van der Waals surface area contributed by atoms with Gasteiger partial charge < -0.3 is 0 Å². The third-order valence-corrected chi connectivity index (χ3v) is 3.67. The van der Waals surface area contributed by atoms with Gasteiger partial charge in [0.1, 0.15) is 11.5 Å². The number of pyridine rings is 1. The summed E-state index contributed by atoms with van der Waals surface area (Å²) >= 11 is 3.21. The highest BCUT2D eigenvalue weighted by atomic mass is 79.9. The highest BCUT2D eigenvalue weighted by Crippen LogP contribution is 2.12. The van der Waals surface area contributed by atoms with Gasteiger partial charge in [0, 0.05) is 22.6 Å². The minimum absolute atomic E-state index is 0.180. The summed E-state index contributed by atoms with van der Waals surface area (Å²) in [6.07, 6.45) is 5.67. The fourth-order valence-electron chi connectivity index (χ4n) is 2.06. The van der Waals surface area contributed by atoms with Crippen LogP contribution in [0.4, 0.5) is 4.39 Å². The van der Waals surface area contributed by atoms with Crippen molar-refractivity contribution in [2.45, 2.75) is 0 Å². The van der Waals surface area contributed by atoms with Crippen molar-refractivity contribution < 1.29 is 14.0 Å². The average molecular weight is 404 g/mol. The molecule has 0 atom stereocenters. The smallest absolute Gasteiger partial charge is 0.288 e. The molecule has 0 saturated carbocycles. The van der Waals surface area contributed by atoms with Crippen molar-refractivity contribution in [3.8, 4) is 5.69 Å². The van der Waals surface area contributed by atoms with Gasteiger partial charge in [-0.05, 0) is 46.3 Å². The highest BCUT2D eigenvalue weighted by molar-refractivity contribution is 9.10. The number of amides is 2. The van der Waals surface area contributed by atoms with Gasteiger partial charge in [0.25, 0.3) is 11.8 Å². The maximum Gasteiger partial charge on any atom is 0.288 e. The predicted octanol–water partition coefficient (Wildman–Crippen LogP) is 2.24. The van der Waals surface area contributed by atoms with Crippen LogP contribution in [0.2, 0.25) is 0 Å². The second-order valence-electron chi connectivity index (χ2n) is 4.93. The van der Waals surface area contributed by atoms with Crippen LogP contribution in [0.15, 0.2) is 59.7 Å². The van der Waals surface area contributed by atoms with E-state index in [1.54, 1.807) is 6.07 Å². The number of imidazole rings is 1. The van der Waals surface area contributed by atoms with Gasteiger partial charge in [-0.25, -0.2) is 9.37 Å². The monoisotopic (exact) mass is 403 g/mol. The lowest BCUT2D eigenvalue weighted by molar-refractivity contribution is 0.0842. The molecular weight excluding hydrogens is 393 g/mol. The Hall–Kier alpha value is -3.07. The Kier molecular flexibility index (Phi) is 4.85. The van der Waals surface area contributed by atoms with E-state index in [9.17, 15) is 14.0 Å². The number of nitrogens with one attached hydrogen (secondary N) is 2. The van der Waals surface area contributed by atoms with Crippen molar-refractivity contribution >= 4 is 27.7 Å². The Morgan fingerprint density at radius 1 is 1.00 bits per heavy atom. The largest absolute Gasteiger partial charge is 0.295 e. The summed E-state index contributed by atoms with van der Waals surface area (Å²) in [5.74, 6) is -1.47. The molecule has 2 heterocycles. The summed E-state index contributed by atoms with van der Waals surface area (Å²) in [5, 5.41) is 0. The molecule has 3 rings (SSSR count). The van der Waals surface area contributed by atoms with Crippen molar-refractivity contribution in [1.29, 1.82) is 0 Å². The topological polar surface area (TPSA) is 88.9 Å². The van der Waals surface area contributed by atoms with Crippen molar-refractivity contribution in [2.24, 2.45) is 0 Å². The highest BCUT2D eigenvalue weighted by Gasteiger charge is 2.15. The number of halogens is 2. The van der Waals surface area contributed by atoms with Gasteiger partial charge in [-0.1, -0.05) is 0 Å². The van der Waals surface area contributed by atoms with Crippen LogP contribution in [0, 0.1) is 5.82 Å². The molecule has 0 aliphatic carbocycles. The van der Waals surface area contributed by atoms with E-state index in [0.717, 1.165) is 0 Å². The number of aromatic nitrogens is 3. The minimum Gasteiger partial charge on any atom is -0.295 e. The van der Waals surface area contributed by atoms with Gasteiger partial charge in [-0.3, -0.25) is 30.0 Å². The molecule has 9 heteroatoms. The molecule has 0 bridgehead atoms. The number of hydrogen-bond donors (Lipinski definition) is 2. The summed E-state index contributed by atoms with van der Waals surface area (Å²) in [5.41, 5.74) is 5.63.